The van der Waals surface area contributed by atoms with E-state index in [0.717, 1.165) is 0 Å². The van der Waals surface area contributed by atoms with E-state index in [9.17, 15) is 14.0 Å². The van der Waals surface area contributed by atoms with E-state index in [4.69, 9.17) is 5.11 Å². The van der Waals surface area contributed by atoms with Gasteiger partial charge >= 0.3 is 5.97 Å². The number of nitrogens with one attached hydrogen (secondary N) is 2. The highest BCUT2D eigenvalue weighted by molar-refractivity contribution is 5.93. The van der Waals surface area contributed by atoms with Crippen molar-refractivity contribution in [1.29, 1.82) is 0 Å². The van der Waals surface area contributed by atoms with Gasteiger partial charge in [-0.25, -0.2) is 4.39 Å². The maximum atomic E-state index is 12.9. The molecule has 0 spiro atoms. The Bertz CT molecular complexity index is 652. The minimum atomic E-state index is -0.844. The monoisotopic (exact) mass is 305 g/mol. The fourth-order valence-corrected chi connectivity index (χ4v) is 1.90. The van der Waals surface area contributed by atoms with E-state index in [1.165, 1.54) is 12.1 Å². The lowest BCUT2D eigenvalue weighted by molar-refractivity contribution is -0.137. The predicted molar refractivity (Wildman–Crippen MR) is 77.8 cm³/mol. The van der Waals surface area contributed by atoms with Gasteiger partial charge in [0.15, 0.2) is 0 Å². The van der Waals surface area contributed by atoms with E-state index >= 15 is 0 Å². The van der Waals surface area contributed by atoms with Crippen molar-refractivity contribution in [3.8, 4) is 11.3 Å². The van der Waals surface area contributed by atoms with Gasteiger partial charge in [-0.05, 0) is 43.2 Å². The van der Waals surface area contributed by atoms with Crippen LogP contribution >= 0.6 is 0 Å². The molecule has 0 aliphatic rings. The van der Waals surface area contributed by atoms with Crippen molar-refractivity contribution in [2.75, 3.05) is 6.54 Å². The van der Waals surface area contributed by atoms with Gasteiger partial charge in [-0.1, -0.05) is 0 Å². The topological polar surface area (TPSA) is 95.1 Å². The van der Waals surface area contributed by atoms with E-state index < -0.39 is 5.97 Å². The number of rotatable bonds is 7. The second-order valence-corrected chi connectivity index (χ2v) is 4.78. The van der Waals surface area contributed by atoms with Gasteiger partial charge in [-0.15, -0.1) is 0 Å². The number of aromatic nitrogens is 2. The first kappa shape index (κ1) is 15.7. The Morgan fingerprint density at radius 1 is 1.23 bits per heavy atom. The molecule has 2 aromatic rings. The molecule has 1 aromatic heterocycles. The first-order valence-electron chi connectivity index (χ1n) is 6.87. The van der Waals surface area contributed by atoms with Gasteiger partial charge in [-0.2, -0.15) is 5.10 Å². The highest BCUT2D eigenvalue weighted by Crippen LogP contribution is 2.17. The van der Waals surface area contributed by atoms with Gasteiger partial charge in [-0.3, -0.25) is 14.7 Å². The second-order valence-electron chi connectivity index (χ2n) is 4.78. The molecule has 0 aliphatic heterocycles. The number of halogens is 1. The fraction of sp³-hybridized carbons (Fsp3) is 0.267. The summed E-state index contributed by atoms with van der Waals surface area (Å²) >= 11 is 0. The summed E-state index contributed by atoms with van der Waals surface area (Å²) in [5.74, 6) is -1.49. The van der Waals surface area contributed by atoms with Crippen LogP contribution in [-0.4, -0.2) is 33.7 Å². The van der Waals surface area contributed by atoms with Crippen LogP contribution in [0.4, 0.5) is 4.39 Å². The van der Waals surface area contributed by atoms with Crippen LogP contribution in [0.3, 0.4) is 0 Å². The van der Waals surface area contributed by atoms with Crippen molar-refractivity contribution >= 4 is 11.9 Å². The predicted octanol–water partition coefficient (Wildman–Crippen LogP) is 2.20. The van der Waals surface area contributed by atoms with E-state index in [2.05, 4.69) is 15.5 Å². The van der Waals surface area contributed by atoms with E-state index in [1.807, 2.05) is 0 Å². The standard InChI is InChI=1S/C15H16FN3O3/c16-11-6-4-10(5-7-11)12-9-13(19-18-12)15(22)17-8-2-1-3-14(20)21/h4-7,9H,1-3,8H2,(H,17,22)(H,18,19)(H,20,21). The number of carbonyl (C=O) groups excluding carboxylic acids is 1. The lowest BCUT2D eigenvalue weighted by Crippen LogP contribution is -2.24. The maximum absolute atomic E-state index is 12.9. The SMILES string of the molecule is O=C(O)CCCCNC(=O)c1cc(-c2ccc(F)cc2)n[nH]1. The second kappa shape index (κ2) is 7.35. The summed E-state index contributed by atoms with van der Waals surface area (Å²) in [6.07, 6.45) is 1.20. The first-order chi connectivity index (χ1) is 10.6. The summed E-state index contributed by atoms with van der Waals surface area (Å²) in [6, 6.07) is 7.40. The average molecular weight is 305 g/mol. The normalized spacial score (nSPS) is 10.4. The third-order valence-corrected chi connectivity index (χ3v) is 3.07. The van der Waals surface area contributed by atoms with Gasteiger partial charge in [0.1, 0.15) is 11.5 Å². The Morgan fingerprint density at radius 3 is 2.64 bits per heavy atom. The Labute approximate surface area is 126 Å². The van der Waals surface area contributed by atoms with Crippen LogP contribution in [0.5, 0.6) is 0 Å². The van der Waals surface area contributed by atoms with Crippen LogP contribution in [0.1, 0.15) is 29.8 Å². The van der Waals surface area contributed by atoms with Crippen molar-refractivity contribution in [2.45, 2.75) is 19.3 Å². The summed E-state index contributed by atoms with van der Waals surface area (Å²) in [6.45, 7) is 0.400. The highest BCUT2D eigenvalue weighted by Gasteiger charge is 2.10. The Kier molecular flexibility index (Phi) is 5.24. The number of hydrogen-bond acceptors (Lipinski definition) is 3. The number of aliphatic carboxylic acids is 1. The van der Waals surface area contributed by atoms with E-state index in [1.54, 1.807) is 18.2 Å². The van der Waals surface area contributed by atoms with Crippen molar-refractivity contribution in [3.63, 3.8) is 0 Å². The molecule has 7 heteroatoms. The number of benzene rings is 1. The average Bonchev–Trinajstić information content (AvgIpc) is 2.97. The van der Waals surface area contributed by atoms with Crippen molar-refractivity contribution in [3.05, 3.63) is 41.8 Å². The molecule has 0 radical (unpaired) electrons. The van der Waals surface area contributed by atoms with E-state index in [0.29, 0.717) is 36.3 Å². The number of carboxylic acid groups (broad SMARTS) is 1. The van der Waals surface area contributed by atoms with Crippen LogP contribution in [0.2, 0.25) is 0 Å². The number of carboxylic acids is 1. The molecule has 1 aromatic carbocycles. The molecule has 0 saturated heterocycles. The van der Waals surface area contributed by atoms with Gasteiger partial charge < -0.3 is 10.4 Å². The molecule has 1 amide bonds. The van der Waals surface area contributed by atoms with Crippen LogP contribution < -0.4 is 5.32 Å². The van der Waals surface area contributed by atoms with Crippen LogP contribution in [0, 0.1) is 5.82 Å². The van der Waals surface area contributed by atoms with Gasteiger partial charge in [0.25, 0.3) is 5.91 Å². The zero-order valence-electron chi connectivity index (χ0n) is 11.8. The third kappa shape index (κ3) is 4.41. The number of aromatic amines is 1. The summed E-state index contributed by atoms with van der Waals surface area (Å²) in [5, 5.41) is 17.8. The van der Waals surface area contributed by atoms with Crippen LogP contribution in [-0.2, 0) is 4.79 Å². The Balaban J connectivity index is 1.86. The van der Waals surface area contributed by atoms with Crippen LogP contribution in [0.25, 0.3) is 11.3 Å². The van der Waals surface area contributed by atoms with Gasteiger partial charge in [0, 0.05) is 18.5 Å². The molecule has 0 fully saturated rings. The summed E-state index contributed by atoms with van der Waals surface area (Å²) in [5.41, 5.74) is 1.56. The smallest absolute Gasteiger partial charge is 0.303 e. The molecule has 6 nitrogen and oxygen atoms in total. The maximum Gasteiger partial charge on any atom is 0.303 e. The summed E-state index contributed by atoms with van der Waals surface area (Å²) < 4.78 is 12.9. The lowest BCUT2D eigenvalue weighted by atomic mass is 10.1. The number of H-pyrrole nitrogens is 1. The van der Waals surface area contributed by atoms with Gasteiger partial charge in [0.05, 0.1) is 5.69 Å². The molecule has 1 heterocycles. The summed E-state index contributed by atoms with van der Waals surface area (Å²) in [4.78, 5) is 22.2. The number of nitrogens with zero attached hydrogens (tertiary/aromatic N) is 1. The first-order valence-corrected chi connectivity index (χ1v) is 6.87. The van der Waals surface area contributed by atoms with Crippen molar-refractivity contribution in [1.82, 2.24) is 15.5 Å². The molecule has 0 bridgehead atoms. The van der Waals surface area contributed by atoms with Crippen molar-refractivity contribution in [2.24, 2.45) is 0 Å². The Hall–Kier alpha value is -2.70. The zero-order chi connectivity index (χ0) is 15.9. The fourth-order valence-electron chi connectivity index (χ4n) is 1.90. The van der Waals surface area contributed by atoms with Gasteiger partial charge in [0.2, 0.25) is 0 Å². The minimum absolute atomic E-state index is 0.0919. The van der Waals surface area contributed by atoms with Crippen LogP contribution in [0.15, 0.2) is 30.3 Å². The zero-order valence-corrected chi connectivity index (χ0v) is 11.8. The summed E-state index contributed by atoms with van der Waals surface area (Å²) in [7, 11) is 0. The number of amides is 1. The lowest BCUT2D eigenvalue weighted by Gasteiger charge is -2.02. The molecule has 0 unspecified atom stereocenters. The van der Waals surface area contributed by atoms with Crippen molar-refractivity contribution < 1.29 is 19.1 Å². The molecule has 3 N–H and O–H groups in total. The molecule has 0 atom stereocenters. The molecule has 2 rings (SSSR count). The number of unbranched alkanes of at least 4 members (excludes halogenated alkanes) is 1. The largest absolute Gasteiger partial charge is 0.481 e. The highest BCUT2D eigenvalue weighted by atomic mass is 19.1. The minimum Gasteiger partial charge on any atom is -0.481 e. The molecule has 0 saturated carbocycles. The quantitative estimate of drug-likeness (QED) is 0.683. The number of hydrogen-bond donors (Lipinski definition) is 3. The van der Waals surface area contributed by atoms with E-state index in [-0.39, 0.29) is 18.1 Å². The molecular weight excluding hydrogens is 289 g/mol. The molecule has 0 aliphatic carbocycles. The molecule has 116 valence electrons. The molecular formula is C15H16FN3O3. The molecule has 22 heavy (non-hydrogen) atoms. The third-order valence-electron chi connectivity index (χ3n) is 3.07. The Morgan fingerprint density at radius 2 is 1.95 bits per heavy atom. The number of carbonyl (C=O) groups is 2.